The first-order valence-electron chi connectivity index (χ1n) is 6.81. The maximum absolute atomic E-state index is 12.3. The van der Waals surface area contributed by atoms with Crippen molar-refractivity contribution in [2.75, 3.05) is 12.4 Å². The van der Waals surface area contributed by atoms with Crippen LogP contribution in [-0.4, -0.2) is 18.0 Å². The number of nitriles is 1. The lowest BCUT2D eigenvalue weighted by molar-refractivity contribution is 0.208. The SMILES string of the molecule is CC(c1ccccc1Cl)N(C)C(=O)Nc1ccc(C#N)cc1. The zero-order valence-corrected chi connectivity index (χ0v) is 13.1. The van der Waals surface area contributed by atoms with E-state index in [-0.39, 0.29) is 12.1 Å². The minimum absolute atomic E-state index is 0.160. The molecule has 1 N–H and O–H groups in total. The first kappa shape index (κ1) is 15.9. The third-order valence-corrected chi connectivity index (χ3v) is 3.87. The fraction of sp³-hybridized carbons (Fsp3) is 0.176. The molecule has 0 aliphatic carbocycles. The number of rotatable bonds is 3. The Labute approximate surface area is 134 Å². The van der Waals surface area contributed by atoms with E-state index in [1.165, 1.54) is 0 Å². The predicted octanol–water partition coefficient (Wildman–Crippen LogP) is 4.44. The van der Waals surface area contributed by atoms with Crippen molar-refractivity contribution in [1.82, 2.24) is 4.90 Å². The van der Waals surface area contributed by atoms with Crippen LogP contribution in [0.5, 0.6) is 0 Å². The second kappa shape index (κ2) is 6.97. The third kappa shape index (κ3) is 3.57. The van der Waals surface area contributed by atoms with Gasteiger partial charge in [-0.25, -0.2) is 4.79 Å². The highest BCUT2D eigenvalue weighted by Crippen LogP contribution is 2.26. The average Bonchev–Trinajstić information content (AvgIpc) is 2.54. The van der Waals surface area contributed by atoms with E-state index in [1.807, 2.05) is 31.2 Å². The van der Waals surface area contributed by atoms with Crippen molar-refractivity contribution >= 4 is 23.3 Å². The van der Waals surface area contributed by atoms with Crippen LogP contribution in [0.25, 0.3) is 0 Å². The van der Waals surface area contributed by atoms with Crippen LogP contribution in [0, 0.1) is 11.3 Å². The molecule has 1 unspecified atom stereocenters. The topological polar surface area (TPSA) is 56.1 Å². The van der Waals surface area contributed by atoms with Gasteiger partial charge in [0.2, 0.25) is 0 Å². The summed E-state index contributed by atoms with van der Waals surface area (Å²) in [5.74, 6) is 0. The molecule has 22 heavy (non-hydrogen) atoms. The summed E-state index contributed by atoms with van der Waals surface area (Å²) in [4.78, 5) is 13.9. The molecule has 0 spiro atoms. The van der Waals surface area contributed by atoms with Gasteiger partial charge in [0.25, 0.3) is 0 Å². The van der Waals surface area contributed by atoms with E-state index in [4.69, 9.17) is 16.9 Å². The number of anilines is 1. The third-order valence-electron chi connectivity index (χ3n) is 3.52. The zero-order chi connectivity index (χ0) is 16.1. The van der Waals surface area contributed by atoms with Gasteiger partial charge in [-0.15, -0.1) is 0 Å². The molecule has 0 radical (unpaired) electrons. The van der Waals surface area contributed by atoms with Gasteiger partial charge < -0.3 is 10.2 Å². The number of carbonyl (C=O) groups excluding carboxylic acids is 1. The molecule has 0 bridgehead atoms. The number of hydrogen-bond acceptors (Lipinski definition) is 2. The van der Waals surface area contributed by atoms with Crippen molar-refractivity contribution in [3.05, 3.63) is 64.7 Å². The molecule has 2 rings (SSSR count). The summed E-state index contributed by atoms with van der Waals surface area (Å²) in [5, 5.41) is 12.2. The van der Waals surface area contributed by atoms with Crippen molar-refractivity contribution in [3.63, 3.8) is 0 Å². The number of benzene rings is 2. The summed E-state index contributed by atoms with van der Waals surface area (Å²) in [5.41, 5.74) is 2.08. The number of hydrogen-bond donors (Lipinski definition) is 1. The Hall–Kier alpha value is -2.51. The van der Waals surface area contributed by atoms with E-state index < -0.39 is 0 Å². The zero-order valence-electron chi connectivity index (χ0n) is 12.4. The molecule has 112 valence electrons. The highest BCUT2D eigenvalue weighted by atomic mass is 35.5. The van der Waals surface area contributed by atoms with Gasteiger partial charge in [-0.05, 0) is 42.8 Å². The summed E-state index contributed by atoms with van der Waals surface area (Å²) >= 11 is 6.17. The van der Waals surface area contributed by atoms with Crippen molar-refractivity contribution in [1.29, 1.82) is 5.26 Å². The Bertz CT molecular complexity index is 707. The number of nitrogens with zero attached hydrogens (tertiary/aromatic N) is 2. The quantitative estimate of drug-likeness (QED) is 0.911. The highest BCUT2D eigenvalue weighted by molar-refractivity contribution is 6.31. The molecule has 0 heterocycles. The first-order valence-corrected chi connectivity index (χ1v) is 7.19. The summed E-state index contributed by atoms with van der Waals surface area (Å²) in [7, 11) is 1.72. The molecule has 2 amide bonds. The Balaban J connectivity index is 2.08. The molecule has 2 aromatic rings. The lowest BCUT2D eigenvalue weighted by Crippen LogP contribution is -2.33. The van der Waals surface area contributed by atoms with Gasteiger partial charge in [0, 0.05) is 17.8 Å². The molecule has 0 saturated heterocycles. The van der Waals surface area contributed by atoms with Gasteiger partial charge >= 0.3 is 6.03 Å². The second-order valence-electron chi connectivity index (χ2n) is 4.93. The number of halogens is 1. The van der Waals surface area contributed by atoms with Crippen molar-refractivity contribution in [2.24, 2.45) is 0 Å². The Kier molecular flexibility index (Phi) is 5.03. The van der Waals surface area contributed by atoms with Gasteiger partial charge in [-0.3, -0.25) is 0 Å². The van der Waals surface area contributed by atoms with Gasteiger partial charge in [-0.2, -0.15) is 5.26 Å². The average molecular weight is 314 g/mol. The van der Waals surface area contributed by atoms with Crippen LogP contribution in [0.15, 0.2) is 48.5 Å². The molecule has 2 aromatic carbocycles. The normalized spacial score (nSPS) is 11.4. The van der Waals surface area contributed by atoms with Gasteiger partial charge in [-0.1, -0.05) is 29.8 Å². The van der Waals surface area contributed by atoms with Crippen molar-refractivity contribution < 1.29 is 4.79 Å². The number of urea groups is 1. The van der Waals surface area contributed by atoms with Gasteiger partial charge in [0.1, 0.15) is 0 Å². The summed E-state index contributed by atoms with van der Waals surface area (Å²) in [6.45, 7) is 1.92. The van der Waals surface area contributed by atoms with E-state index in [9.17, 15) is 4.79 Å². The lowest BCUT2D eigenvalue weighted by Gasteiger charge is -2.26. The molecule has 5 heteroatoms. The molecule has 0 saturated carbocycles. The van der Waals surface area contributed by atoms with Crippen LogP contribution in [0.4, 0.5) is 10.5 Å². The van der Waals surface area contributed by atoms with Crippen LogP contribution in [-0.2, 0) is 0 Å². The highest BCUT2D eigenvalue weighted by Gasteiger charge is 2.19. The molecule has 0 aliphatic heterocycles. The minimum atomic E-state index is -0.239. The van der Waals surface area contributed by atoms with Crippen molar-refractivity contribution in [2.45, 2.75) is 13.0 Å². The Morgan fingerprint density at radius 2 is 1.86 bits per heavy atom. The molecule has 1 atom stereocenters. The van der Waals surface area contributed by atoms with Crippen LogP contribution in [0.3, 0.4) is 0 Å². The van der Waals surface area contributed by atoms with Gasteiger partial charge in [0.05, 0.1) is 17.7 Å². The second-order valence-corrected chi connectivity index (χ2v) is 5.33. The summed E-state index contributed by atoms with van der Waals surface area (Å²) in [6.07, 6.45) is 0. The Morgan fingerprint density at radius 1 is 1.23 bits per heavy atom. The molecular formula is C17H16ClN3O. The standard InChI is InChI=1S/C17H16ClN3O/c1-12(15-5-3-4-6-16(15)18)21(2)17(22)20-14-9-7-13(11-19)8-10-14/h3-10,12H,1-2H3,(H,20,22). The Morgan fingerprint density at radius 3 is 2.45 bits per heavy atom. The first-order chi connectivity index (χ1) is 10.5. The summed E-state index contributed by atoms with van der Waals surface area (Å²) in [6, 6.07) is 15.8. The monoisotopic (exact) mass is 313 g/mol. The van der Waals surface area contributed by atoms with E-state index in [0.29, 0.717) is 16.3 Å². The maximum atomic E-state index is 12.3. The van der Waals surface area contributed by atoms with E-state index in [0.717, 1.165) is 5.56 Å². The van der Waals surface area contributed by atoms with E-state index in [2.05, 4.69) is 5.32 Å². The molecule has 4 nitrogen and oxygen atoms in total. The molecule has 0 aliphatic rings. The fourth-order valence-electron chi connectivity index (χ4n) is 2.04. The lowest BCUT2D eigenvalue weighted by atomic mass is 10.1. The molecule has 0 fully saturated rings. The fourth-order valence-corrected chi connectivity index (χ4v) is 2.33. The largest absolute Gasteiger partial charge is 0.322 e. The molecular weight excluding hydrogens is 298 g/mol. The minimum Gasteiger partial charge on any atom is -0.321 e. The van der Waals surface area contributed by atoms with Gasteiger partial charge in [0.15, 0.2) is 0 Å². The summed E-state index contributed by atoms with van der Waals surface area (Å²) < 4.78 is 0. The number of amides is 2. The van der Waals surface area contributed by atoms with E-state index in [1.54, 1.807) is 42.3 Å². The predicted molar refractivity (Wildman–Crippen MR) is 87.8 cm³/mol. The van der Waals surface area contributed by atoms with E-state index >= 15 is 0 Å². The smallest absolute Gasteiger partial charge is 0.321 e. The van der Waals surface area contributed by atoms with Crippen LogP contribution >= 0.6 is 11.6 Å². The molecule has 0 aromatic heterocycles. The number of carbonyl (C=O) groups is 1. The number of nitrogens with one attached hydrogen (secondary N) is 1. The maximum Gasteiger partial charge on any atom is 0.322 e. The van der Waals surface area contributed by atoms with Crippen LogP contribution < -0.4 is 5.32 Å². The van der Waals surface area contributed by atoms with Crippen molar-refractivity contribution in [3.8, 4) is 6.07 Å². The van der Waals surface area contributed by atoms with Crippen LogP contribution in [0.1, 0.15) is 24.1 Å². The van der Waals surface area contributed by atoms with Crippen LogP contribution in [0.2, 0.25) is 5.02 Å².